The predicted molar refractivity (Wildman–Crippen MR) is 123 cm³/mol. The lowest BCUT2D eigenvalue weighted by Gasteiger charge is -2.42. The van der Waals surface area contributed by atoms with Gasteiger partial charge in [-0.25, -0.2) is 0 Å². The molecule has 7 heteroatoms. The van der Waals surface area contributed by atoms with E-state index in [1.807, 2.05) is 6.07 Å². The molecule has 1 aliphatic carbocycles. The third-order valence-electron chi connectivity index (χ3n) is 7.03. The Balaban J connectivity index is 1.54. The second kappa shape index (κ2) is 7.79. The highest BCUT2D eigenvalue weighted by atomic mass is 16.7. The zero-order valence-corrected chi connectivity index (χ0v) is 18.0. The molecule has 3 aromatic carbocycles. The van der Waals surface area contributed by atoms with Crippen molar-refractivity contribution in [2.45, 2.75) is 11.6 Å². The number of hydrogen-bond donors (Lipinski definition) is 0. The second-order valence-electron chi connectivity index (χ2n) is 8.62. The van der Waals surface area contributed by atoms with E-state index in [2.05, 4.69) is 58.6 Å². The van der Waals surface area contributed by atoms with Crippen LogP contribution in [0.5, 0.6) is 0 Å². The van der Waals surface area contributed by atoms with Gasteiger partial charge in [-0.2, -0.15) is 0 Å². The second-order valence-corrected chi connectivity index (χ2v) is 8.62. The molecular weight excluding hydrogens is 418 g/mol. The summed E-state index contributed by atoms with van der Waals surface area (Å²) in [7, 11) is 0. The fourth-order valence-corrected chi connectivity index (χ4v) is 5.63. The Morgan fingerprint density at radius 2 is 1.64 bits per heavy atom. The van der Waals surface area contributed by atoms with Crippen LogP contribution in [0, 0.1) is 16.0 Å². The number of benzene rings is 3. The highest BCUT2D eigenvalue weighted by molar-refractivity contribution is 6.05. The smallest absolute Gasteiger partial charge is 0.269 e. The highest BCUT2D eigenvalue weighted by Crippen LogP contribution is 2.59. The molecule has 6 rings (SSSR count). The molecule has 2 aliphatic heterocycles. The van der Waals surface area contributed by atoms with Crippen LogP contribution in [0.3, 0.4) is 0 Å². The van der Waals surface area contributed by atoms with Crippen molar-refractivity contribution in [3.05, 3.63) is 111 Å². The van der Waals surface area contributed by atoms with E-state index in [9.17, 15) is 10.1 Å². The van der Waals surface area contributed by atoms with Crippen LogP contribution in [0.1, 0.15) is 28.2 Å². The van der Waals surface area contributed by atoms with Gasteiger partial charge in [-0.3, -0.25) is 15.0 Å². The van der Waals surface area contributed by atoms with Crippen LogP contribution in [-0.4, -0.2) is 41.8 Å². The summed E-state index contributed by atoms with van der Waals surface area (Å²) in [5.41, 5.74) is 4.55. The quantitative estimate of drug-likeness (QED) is 0.446. The first-order valence-electron chi connectivity index (χ1n) is 11.2. The fourth-order valence-electron chi connectivity index (χ4n) is 5.63. The van der Waals surface area contributed by atoms with Crippen LogP contribution in [0.4, 0.5) is 5.69 Å². The molecule has 2 heterocycles. The summed E-state index contributed by atoms with van der Waals surface area (Å²) in [5, 5.41) is 15.8. The number of nitrogens with zero attached hydrogens (tertiary/aromatic N) is 3. The van der Waals surface area contributed by atoms with E-state index in [1.165, 1.54) is 23.3 Å². The van der Waals surface area contributed by atoms with Gasteiger partial charge in [0, 0.05) is 42.3 Å². The minimum atomic E-state index is -0.738. The average molecular weight is 441 g/mol. The maximum Gasteiger partial charge on any atom is 0.269 e. The molecule has 33 heavy (non-hydrogen) atoms. The Kier molecular flexibility index (Phi) is 4.74. The van der Waals surface area contributed by atoms with E-state index in [0.29, 0.717) is 13.2 Å². The van der Waals surface area contributed by atoms with Gasteiger partial charge in [-0.15, -0.1) is 0 Å². The Morgan fingerprint density at radius 1 is 0.939 bits per heavy atom. The Labute approximate surface area is 191 Å². The van der Waals surface area contributed by atoms with E-state index in [-0.39, 0.29) is 22.4 Å². The van der Waals surface area contributed by atoms with Gasteiger partial charge in [0.2, 0.25) is 5.72 Å². The molecule has 3 aromatic rings. The zero-order chi connectivity index (χ0) is 22.4. The largest absolute Gasteiger partial charge is 0.379 e. The molecule has 0 radical (unpaired) electrons. The Hall–Kier alpha value is -3.55. The van der Waals surface area contributed by atoms with E-state index in [1.54, 1.807) is 12.1 Å². The van der Waals surface area contributed by atoms with Crippen LogP contribution in [0.25, 0.3) is 0 Å². The van der Waals surface area contributed by atoms with Crippen LogP contribution >= 0.6 is 0 Å². The number of oxime groups is 1. The summed E-state index contributed by atoms with van der Waals surface area (Å²) in [4.78, 5) is 19.6. The van der Waals surface area contributed by atoms with Crippen molar-refractivity contribution >= 4 is 11.4 Å². The lowest BCUT2D eigenvalue weighted by Crippen LogP contribution is -2.54. The summed E-state index contributed by atoms with van der Waals surface area (Å²) in [6.45, 7) is 2.77. The molecule has 3 aliphatic rings. The van der Waals surface area contributed by atoms with Gasteiger partial charge in [0.05, 0.1) is 29.8 Å². The molecule has 1 saturated heterocycles. The van der Waals surface area contributed by atoms with Crippen molar-refractivity contribution in [2.24, 2.45) is 11.1 Å². The predicted octanol–water partition coefficient (Wildman–Crippen LogP) is 4.28. The molecule has 0 spiro atoms. The first-order valence-corrected chi connectivity index (χ1v) is 11.2. The van der Waals surface area contributed by atoms with Crippen molar-refractivity contribution in [1.82, 2.24) is 4.90 Å². The summed E-state index contributed by atoms with van der Waals surface area (Å²) in [6, 6.07) is 25.5. The van der Waals surface area contributed by atoms with Crippen molar-refractivity contribution in [1.29, 1.82) is 0 Å². The maximum atomic E-state index is 11.2. The number of non-ortho nitro benzene ring substituents is 1. The Bertz CT molecular complexity index is 1220. The van der Waals surface area contributed by atoms with Gasteiger partial charge < -0.3 is 9.57 Å². The molecule has 1 fully saturated rings. The van der Waals surface area contributed by atoms with Crippen molar-refractivity contribution < 1.29 is 14.5 Å². The van der Waals surface area contributed by atoms with E-state index in [0.717, 1.165) is 29.9 Å². The van der Waals surface area contributed by atoms with Crippen molar-refractivity contribution in [3.63, 3.8) is 0 Å². The summed E-state index contributed by atoms with van der Waals surface area (Å²) in [5.74, 6) is -0.0569. The Morgan fingerprint density at radius 3 is 2.36 bits per heavy atom. The molecule has 3 atom stereocenters. The van der Waals surface area contributed by atoms with Crippen molar-refractivity contribution in [2.75, 3.05) is 26.3 Å². The van der Waals surface area contributed by atoms with Crippen LogP contribution in [0.2, 0.25) is 0 Å². The topological polar surface area (TPSA) is 77.2 Å². The van der Waals surface area contributed by atoms with Gasteiger partial charge in [-0.1, -0.05) is 59.8 Å². The number of rotatable bonds is 4. The molecule has 0 bridgehead atoms. The number of ether oxygens (including phenoxy) is 1. The standard InChI is InChI=1S/C26H23N3O4/c30-29(31)20-12-10-19(11-13-20)25-24-23(18-6-2-1-3-7-18)21-8-4-5-9-22(21)26(24,33-27-25)28-14-16-32-17-15-28/h1-13,23-24H,14-17H2/t23-,24-,26-/m0/s1. The molecular formula is C26H23N3O4. The summed E-state index contributed by atoms with van der Waals surface area (Å²) < 4.78 is 5.65. The number of hydrogen-bond acceptors (Lipinski definition) is 6. The number of morpholine rings is 1. The zero-order valence-electron chi connectivity index (χ0n) is 18.0. The normalized spacial score (nSPS) is 26.2. The number of nitro groups is 1. The molecule has 0 saturated carbocycles. The number of fused-ring (bicyclic) bond motifs is 3. The van der Waals surface area contributed by atoms with Crippen LogP contribution < -0.4 is 0 Å². The molecule has 166 valence electrons. The van der Waals surface area contributed by atoms with E-state index >= 15 is 0 Å². The van der Waals surface area contributed by atoms with Gasteiger partial charge in [0.15, 0.2) is 0 Å². The lowest BCUT2D eigenvalue weighted by molar-refractivity contribution is -0.384. The fraction of sp³-hybridized carbons (Fsp3) is 0.269. The van der Waals surface area contributed by atoms with Crippen molar-refractivity contribution in [3.8, 4) is 0 Å². The first kappa shape index (κ1) is 20.1. The van der Waals surface area contributed by atoms with Gasteiger partial charge in [0.1, 0.15) is 0 Å². The minimum Gasteiger partial charge on any atom is -0.379 e. The van der Waals surface area contributed by atoms with Gasteiger partial charge in [0.25, 0.3) is 5.69 Å². The molecule has 7 nitrogen and oxygen atoms in total. The third-order valence-corrected chi connectivity index (χ3v) is 7.03. The first-order chi connectivity index (χ1) is 16.2. The molecule has 0 unspecified atom stereocenters. The van der Waals surface area contributed by atoms with Crippen LogP contribution in [-0.2, 0) is 15.3 Å². The van der Waals surface area contributed by atoms with E-state index in [4.69, 9.17) is 9.57 Å². The SMILES string of the molecule is O=[N+]([O-])c1ccc(C2=NO[C@@]3(N4CCOCC4)c4ccccc4[C@H](c4ccccc4)[C@@H]23)cc1. The summed E-state index contributed by atoms with van der Waals surface area (Å²) in [6.07, 6.45) is 0. The maximum absolute atomic E-state index is 11.2. The number of nitro benzene ring substituents is 1. The van der Waals surface area contributed by atoms with E-state index < -0.39 is 5.72 Å². The molecule has 0 N–H and O–H groups in total. The van der Waals surface area contributed by atoms with Gasteiger partial charge >= 0.3 is 0 Å². The van der Waals surface area contributed by atoms with Gasteiger partial charge in [-0.05, 0) is 23.3 Å². The average Bonchev–Trinajstić information content (AvgIpc) is 3.39. The minimum absolute atomic E-state index is 0.0432. The highest BCUT2D eigenvalue weighted by Gasteiger charge is 2.63. The summed E-state index contributed by atoms with van der Waals surface area (Å²) >= 11 is 0. The molecule has 0 amide bonds. The monoisotopic (exact) mass is 441 g/mol. The van der Waals surface area contributed by atoms with Crippen LogP contribution in [0.15, 0.2) is 84.0 Å². The lowest BCUT2D eigenvalue weighted by atomic mass is 9.78. The molecule has 0 aromatic heterocycles. The third kappa shape index (κ3) is 3.00.